The van der Waals surface area contributed by atoms with E-state index in [1.165, 1.54) is 0 Å². The van der Waals surface area contributed by atoms with Gasteiger partial charge < -0.3 is 15.0 Å². The van der Waals surface area contributed by atoms with Gasteiger partial charge in [-0.15, -0.1) is 0 Å². The molecule has 4 nitrogen and oxygen atoms in total. The molecule has 0 spiro atoms. The molecule has 0 fully saturated rings. The van der Waals surface area contributed by atoms with Crippen molar-refractivity contribution in [2.24, 2.45) is 5.92 Å². The van der Waals surface area contributed by atoms with E-state index in [1.54, 1.807) is 0 Å². The zero-order valence-corrected chi connectivity index (χ0v) is 13.4. The van der Waals surface area contributed by atoms with Crippen molar-refractivity contribution in [3.63, 3.8) is 0 Å². The Bertz CT molecular complexity index is 368. The normalized spacial score (nSPS) is 11.1. The third-order valence-corrected chi connectivity index (χ3v) is 3.07. The number of aromatic nitrogens is 1. The van der Waals surface area contributed by atoms with E-state index < -0.39 is 0 Å². The number of nitrogens with one attached hydrogen (secondary N) is 1. The van der Waals surface area contributed by atoms with Gasteiger partial charge in [-0.1, -0.05) is 19.9 Å². The highest BCUT2D eigenvalue weighted by atomic mass is 16.5. The maximum Gasteiger partial charge on any atom is 0.128 e. The number of hydrogen-bond acceptors (Lipinski definition) is 4. The van der Waals surface area contributed by atoms with Crippen LogP contribution in [0.5, 0.6) is 0 Å². The van der Waals surface area contributed by atoms with Crippen LogP contribution in [0.4, 0.5) is 5.82 Å². The minimum atomic E-state index is 0.663. The molecule has 0 saturated heterocycles. The highest BCUT2D eigenvalue weighted by molar-refractivity contribution is 5.39. The van der Waals surface area contributed by atoms with Crippen LogP contribution in [0.2, 0.25) is 0 Å². The molecule has 1 heterocycles. The van der Waals surface area contributed by atoms with Crippen LogP contribution in [-0.4, -0.2) is 37.8 Å². The summed E-state index contributed by atoms with van der Waals surface area (Å²) in [4.78, 5) is 6.98. The molecule has 114 valence electrons. The monoisotopic (exact) mass is 279 g/mol. The Morgan fingerprint density at radius 3 is 2.75 bits per heavy atom. The highest BCUT2D eigenvalue weighted by Crippen LogP contribution is 2.11. The van der Waals surface area contributed by atoms with E-state index in [2.05, 4.69) is 49.2 Å². The number of likely N-dealkylation sites (N-methyl/N-ethyl adjacent to an activating group) is 1. The van der Waals surface area contributed by atoms with Crippen molar-refractivity contribution in [3.05, 3.63) is 23.9 Å². The van der Waals surface area contributed by atoms with E-state index in [9.17, 15) is 0 Å². The van der Waals surface area contributed by atoms with Crippen molar-refractivity contribution < 1.29 is 4.74 Å². The molecule has 0 aliphatic heterocycles. The number of nitrogens with zero attached hydrogens (tertiary/aromatic N) is 2. The summed E-state index contributed by atoms with van der Waals surface area (Å²) in [5, 5.41) is 3.43. The third-order valence-electron chi connectivity index (χ3n) is 3.07. The first-order chi connectivity index (χ1) is 9.67. The lowest BCUT2D eigenvalue weighted by molar-refractivity contribution is 0.154. The number of rotatable bonds is 10. The van der Waals surface area contributed by atoms with Crippen LogP contribution in [0.25, 0.3) is 0 Å². The largest absolute Gasteiger partial charge is 0.380 e. The topological polar surface area (TPSA) is 37.4 Å². The molecule has 0 aromatic carbocycles. The minimum absolute atomic E-state index is 0.663. The molecule has 20 heavy (non-hydrogen) atoms. The highest BCUT2D eigenvalue weighted by Gasteiger charge is 2.06. The molecule has 0 amide bonds. The Hall–Kier alpha value is -1.13. The lowest BCUT2D eigenvalue weighted by Gasteiger charge is -2.22. The summed E-state index contributed by atoms with van der Waals surface area (Å²) in [5.74, 6) is 1.70. The number of pyridine rings is 1. The second-order valence-electron chi connectivity index (χ2n) is 5.29. The first-order valence-electron chi connectivity index (χ1n) is 7.66. The van der Waals surface area contributed by atoms with Gasteiger partial charge in [-0.2, -0.15) is 0 Å². The fourth-order valence-corrected chi connectivity index (χ4v) is 1.98. The van der Waals surface area contributed by atoms with Crippen LogP contribution < -0.4 is 10.2 Å². The molecule has 0 aliphatic carbocycles. The molecule has 0 radical (unpaired) electrons. The fraction of sp³-hybridized carbons (Fsp3) is 0.688. The number of anilines is 1. The standard InChI is InChI=1S/C16H29N3O/c1-5-19(10-11-20-6-2)16-9-7-8-15(18-16)13-17-12-14(3)4/h7-9,14,17H,5-6,10-13H2,1-4H3. The Morgan fingerprint density at radius 1 is 1.30 bits per heavy atom. The molecule has 1 aromatic rings. The Labute approximate surface area is 123 Å². The van der Waals surface area contributed by atoms with E-state index in [1.807, 2.05) is 6.92 Å². The molecule has 1 N–H and O–H groups in total. The average Bonchev–Trinajstić information content (AvgIpc) is 2.44. The van der Waals surface area contributed by atoms with Gasteiger partial charge in [0.1, 0.15) is 5.82 Å². The van der Waals surface area contributed by atoms with Gasteiger partial charge >= 0.3 is 0 Å². The van der Waals surface area contributed by atoms with Crippen LogP contribution in [0, 0.1) is 5.92 Å². The lowest BCUT2D eigenvalue weighted by atomic mass is 10.2. The molecular formula is C16H29N3O. The summed E-state index contributed by atoms with van der Waals surface area (Å²) in [5.41, 5.74) is 1.10. The second kappa shape index (κ2) is 9.72. The quantitative estimate of drug-likeness (QED) is 0.668. The molecule has 1 rings (SSSR count). The summed E-state index contributed by atoms with van der Waals surface area (Å²) in [6, 6.07) is 6.23. The van der Waals surface area contributed by atoms with Gasteiger partial charge in [0.2, 0.25) is 0 Å². The Balaban J connectivity index is 2.55. The SMILES string of the molecule is CCOCCN(CC)c1cccc(CNCC(C)C)n1. The van der Waals surface area contributed by atoms with Crippen molar-refractivity contribution in [1.29, 1.82) is 0 Å². The predicted octanol–water partition coefficient (Wildman–Crippen LogP) is 2.69. The first kappa shape index (κ1) is 16.9. The maximum absolute atomic E-state index is 5.43. The molecule has 0 unspecified atom stereocenters. The van der Waals surface area contributed by atoms with Gasteiger partial charge in [-0.3, -0.25) is 0 Å². The van der Waals surface area contributed by atoms with E-state index in [-0.39, 0.29) is 0 Å². The first-order valence-corrected chi connectivity index (χ1v) is 7.66. The zero-order valence-electron chi connectivity index (χ0n) is 13.4. The minimum Gasteiger partial charge on any atom is -0.380 e. The summed E-state index contributed by atoms with van der Waals surface area (Å²) in [7, 11) is 0. The summed E-state index contributed by atoms with van der Waals surface area (Å²) in [6.07, 6.45) is 0. The van der Waals surface area contributed by atoms with Crippen LogP contribution in [0.15, 0.2) is 18.2 Å². The van der Waals surface area contributed by atoms with Gasteiger partial charge in [0.15, 0.2) is 0 Å². The second-order valence-corrected chi connectivity index (χ2v) is 5.29. The van der Waals surface area contributed by atoms with Gasteiger partial charge in [0, 0.05) is 26.2 Å². The molecule has 0 aliphatic rings. The van der Waals surface area contributed by atoms with Gasteiger partial charge in [-0.25, -0.2) is 4.98 Å². The zero-order chi connectivity index (χ0) is 14.8. The van der Waals surface area contributed by atoms with Crippen molar-refractivity contribution in [2.75, 3.05) is 37.7 Å². The number of hydrogen-bond donors (Lipinski definition) is 1. The van der Waals surface area contributed by atoms with Crippen molar-refractivity contribution in [1.82, 2.24) is 10.3 Å². The van der Waals surface area contributed by atoms with Crippen LogP contribution >= 0.6 is 0 Å². The molecule has 4 heteroatoms. The van der Waals surface area contributed by atoms with E-state index in [4.69, 9.17) is 9.72 Å². The lowest BCUT2D eigenvalue weighted by Crippen LogP contribution is -2.28. The smallest absolute Gasteiger partial charge is 0.128 e. The summed E-state index contributed by atoms with van der Waals surface area (Å²) < 4.78 is 5.43. The Kier molecular flexibility index (Phi) is 8.23. The van der Waals surface area contributed by atoms with Crippen molar-refractivity contribution >= 4 is 5.82 Å². The fourth-order valence-electron chi connectivity index (χ4n) is 1.98. The Morgan fingerprint density at radius 2 is 2.10 bits per heavy atom. The van der Waals surface area contributed by atoms with Crippen LogP contribution in [0.1, 0.15) is 33.4 Å². The molecular weight excluding hydrogens is 250 g/mol. The van der Waals surface area contributed by atoms with Crippen molar-refractivity contribution in [3.8, 4) is 0 Å². The van der Waals surface area contributed by atoms with E-state index in [0.29, 0.717) is 5.92 Å². The third kappa shape index (κ3) is 6.35. The predicted molar refractivity (Wildman–Crippen MR) is 85.2 cm³/mol. The van der Waals surface area contributed by atoms with E-state index >= 15 is 0 Å². The van der Waals surface area contributed by atoms with Gasteiger partial charge in [0.05, 0.1) is 12.3 Å². The van der Waals surface area contributed by atoms with Crippen LogP contribution in [-0.2, 0) is 11.3 Å². The molecule has 1 aromatic heterocycles. The van der Waals surface area contributed by atoms with Crippen LogP contribution in [0.3, 0.4) is 0 Å². The summed E-state index contributed by atoms with van der Waals surface area (Å²) in [6.45, 7) is 13.8. The molecule has 0 saturated carbocycles. The van der Waals surface area contributed by atoms with Gasteiger partial charge in [0.25, 0.3) is 0 Å². The number of ether oxygens (including phenoxy) is 1. The van der Waals surface area contributed by atoms with E-state index in [0.717, 1.165) is 50.9 Å². The molecule has 0 atom stereocenters. The average molecular weight is 279 g/mol. The maximum atomic E-state index is 5.43. The van der Waals surface area contributed by atoms with Crippen molar-refractivity contribution in [2.45, 2.75) is 34.2 Å². The molecule has 0 bridgehead atoms. The van der Waals surface area contributed by atoms with Gasteiger partial charge in [-0.05, 0) is 38.4 Å². The summed E-state index contributed by atoms with van der Waals surface area (Å²) >= 11 is 0.